The number of nitrogens with zero attached hydrogens (tertiary/aromatic N) is 1. The highest BCUT2D eigenvalue weighted by atomic mass is 79.9. The van der Waals surface area contributed by atoms with Gasteiger partial charge in [0, 0.05) is 42.1 Å². The molecule has 2 aromatic rings. The summed E-state index contributed by atoms with van der Waals surface area (Å²) < 4.78 is 3.10. The van der Waals surface area contributed by atoms with Crippen molar-refractivity contribution in [2.24, 2.45) is 0 Å². The maximum Gasteiger partial charge on any atom is 0.303 e. The molecule has 124 valence electrons. The SMILES string of the molecule is O=C(O)CCCCCNC(=O)CCn1ccc2ccc(Br)cc21. The number of nitrogens with one attached hydrogen (secondary N) is 1. The first-order chi connectivity index (χ1) is 11.1. The summed E-state index contributed by atoms with van der Waals surface area (Å²) in [6, 6.07) is 8.15. The van der Waals surface area contributed by atoms with E-state index < -0.39 is 5.97 Å². The Kier molecular flexibility index (Phi) is 6.65. The Morgan fingerprint density at radius 1 is 1.13 bits per heavy atom. The summed E-state index contributed by atoms with van der Waals surface area (Å²) in [6.07, 6.45) is 4.93. The van der Waals surface area contributed by atoms with Gasteiger partial charge >= 0.3 is 5.97 Å². The lowest BCUT2D eigenvalue weighted by Gasteiger charge is -2.07. The predicted molar refractivity (Wildman–Crippen MR) is 93.4 cm³/mol. The molecule has 1 aromatic heterocycles. The first-order valence-electron chi connectivity index (χ1n) is 7.79. The summed E-state index contributed by atoms with van der Waals surface area (Å²) >= 11 is 3.47. The number of hydrogen-bond donors (Lipinski definition) is 2. The second-order valence-electron chi connectivity index (χ2n) is 5.52. The van der Waals surface area contributed by atoms with E-state index in [1.807, 2.05) is 24.4 Å². The number of hydrogen-bond acceptors (Lipinski definition) is 2. The van der Waals surface area contributed by atoms with Crippen LogP contribution in [0.1, 0.15) is 32.1 Å². The molecule has 0 bridgehead atoms. The number of rotatable bonds is 9. The molecule has 6 heteroatoms. The van der Waals surface area contributed by atoms with Gasteiger partial charge in [0.1, 0.15) is 0 Å². The zero-order valence-corrected chi connectivity index (χ0v) is 14.5. The van der Waals surface area contributed by atoms with Gasteiger partial charge in [0.15, 0.2) is 0 Å². The van der Waals surface area contributed by atoms with Gasteiger partial charge in [-0.25, -0.2) is 0 Å². The minimum absolute atomic E-state index is 0.0279. The van der Waals surface area contributed by atoms with E-state index in [2.05, 4.69) is 31.9 Å². The maximum absolute atomic E-state index is 11.9. The fourth-order valence-electron chi connectivity index (χ4n) is 2.47. The van der Waals surface area contributed by atoms with E-state index in [9.17, 15) is 9.59 Å². The van der Waals surface area contributed by atoms with E-state index in [4.69, 9.17) is 5.11 Å². The summed E-state index contributed by atoms with van der Waals surface area (Å²) in [5.74, 6) is -0.736. The Bertz CT molecular complexity index is 682. The number of aliphatic carboxylic acids is 1. The maximum atomic E-state index is 11.9. The smallest absolute Gasteiger partial charge is 0.303 e. The normalized spacial score (nSPS) is 10.8. The fourth-order valence-corrected chi connectivity index (χ4v) is 2.82. The molecular formula is C17H21BrN2O3. The zero-order valence-electron chi connectivity index (χ0n) is 12.9. The van der Waals surface area contributed by atoms with Gasteiger partial charge in [-0.1, -0.05) is 28.4 Å². The van der Waals surface area contributed by atoms with Gasteiger partial charge in [-0.05, 0) is 36.4 Å². The molecule has 0 atom stereocenters. The highest BCUT2D eigenvalue weighted by Gasteiger charge is 2.05. The van der Waals surface area contributed by atoms with Gasteiger partial charge in [-0.2, -0.15) is 0 Å². The van der Waals surface area contributed by atoms with E-state index in [1.165, 1.54) is 0 Å². The molecule has 0 fully saturated rings. The number of carbonyl (C=O) groups is 2. The topological polar surface area (TPSA) is 71.3 Å². The molecule has 1 heterocycles. The lowest BCUT2D eigenvalue weighted by Crippen LogP contribution is -2.25. The van der Waals surface area contributed by atoms with Crippen LogP contribution in [0.4, 0.5) is 0 Å². The number of fused-ring (bicyclic) bond motifs is 1. The van der Waals surface area contributed by atoms with Crippen LogP contribution in [0.5, 0.6) is 0 Å². The summed E-state index contributed by atoms with van der Waals surface area (Å²) in [4.78, 5) is 22.2. The third-order valence-corrected chi connectivity index (χ3v) is 4.20. The van der Waals surface area contributed by atoms with E-state index >= 15 is 0 Å². The monoisotopic (exact) mass is 380 g/mol. The highest BCUT2D eigenvalue weighted by Crippen LogP contribution is 2.21. The van der Waals surface area contributed by atoms with Crippen LogP contribution in [0.2, 0.25) is 0 Å². The number of unbranched alkanes of at least 4 members (excludes halogenated alkanes) is 2. The van der Waals surface area contributed by atoms with Crippen LogP contribution in [0.15, 0.2) is 34.9 Å². The molecule has 0 radical (unpaired) electrons. The largest absolute Gasteiger partial charge is 0.481 e. The van der Waals surface area contributed by atoms with Crippen molar-refractivity contribution in [1.82, 2.24) is 9.88 Å². The second kappa shape index (κ2) is 8.72. The minimum atomic E-state index is -0.764. The molecular weight excluding hydrogens is 360 g/mol. The van der Waals surface area contributed by atoms with Crippen molar-refractivity contribution in [3.8, 4) is 0 Å². The molecule has 1 amide bonds. The van der Waals surface area contributed by atoms with Crippen molar-refractivity contribution in [3.05, 3.63) is 34.9 Å². The van der Waals surface area contributed by atoms with Crippen molar-refractivity contribution in [3.63, 3.8) is 0 Å². The van der Waals surface area contributed by atoms with Gasteiger partial charge in [0.25, 0.3) is 0 Å². The van der Waals surface area contributed by atoms with Crippen molar-refractivity contribution in [2.75, 3.05) is 6.54 Å². The Balaban J connectivity index is 1.69. The number of carboxylic acid groups (broad SMARTS) is 1. The number of aromatic nitrogens is 1. The van der Waals surface area contributed by atoms with Gasteiger partial charge in [0.2, 0.25) is 5.91 Å². The summed E-state index contributed by atoms with van der Waals surface area (Å²) in [5.41, 5.74) is 1.11. The lowest BCUT2D eigenvalue weighted by molar-refractivity contribution is -0.137. The fraction of sp³-hybridized carbons (Fsp3) is 0.412. The lowest BCUT2D eigenvalue weighted by atomic mass is 10.2. The van der Waals surface area contributed by atoms with Crippen molar-refractivity contribution >= 4 is 38.7 Å². The number of halogens is 1. The quantitative estimate of drug-likeness (QED) is 0.653. The molecule has 2 rings (SSSR count). The van der Waals surface area contributed by atoms with Crippen LogP contribution < -0.4 is 5.32 Å². The molecule has 0 spiro atoms. The molecule has 2 N–H and O–H groups in total. The van der Waals surface area contributed by atoms with Gasteiger partial charge in [0.05, 0.1) is 0 Å². The molecule has 0 saturated carbocycles. The molecule has 1 aromatic carbocycles. The van der Waals surface area contributed by atoms with Crippen LogP contribution in [-0.2, 0) is 16.1 Å². The van der Waals surface area contributed by atoms with Crippen LogP contribution in [0.3, 0.4) is 0 Å². The van der Waals surface area contributed by atoms with E-state index in [0.717, 1.165) is 28.2 Å². The Morgan fingerprint density at radius 2 is 1.96 bits per heavy atom. The molecule has 5 nitrogen and oxygen atoms in total. The summed E-state index contributed by atoms with van der Waals surface area (Å²) in [5, 5.41) is 12.6. The molecule has 0 saturated heterocycles. The zero-order chi connectivity index (χ0) is 16.7. The average molecular weight is 381 g/mol. The van der Waals surface area contributed by atoms with Crippen LogP contribution in [-0.4, -0.2) is 28.1 Å². The van der Waals surface area contributed by atoms with Crippen molar-refractivity contribution in [2.45, 2.75) is 38.6 Å². The number of benzene rings is 1. The number of aryl methyl sites for hydroxylation is 1. The van der Waals surface area contributed by atoms with Crippen molar-refractivity contribution < 1.29 is 14.7 Å². The molecule has 0 aliphatic rings. The van der Waals surface area contributed by atoms with Gasteiger partial charge in [-0.3, -0.25) is 9.59 Å². The van der Waals surface area contributed by atoms with E-state index in [0.29, 0.717) is 25.9 Å². The number of amides is 1. The first-order valence-corrected chi connectivity index (χ1v) is 8.58. The molecule has 23 heavy (non-hydrogen) atoms. The van der Waals surface area contributed by atoms with Gasteiger partial charge < -0.3 is 15.0 Å². The minimum Gasteiger partial charge on any atom is -0.481 e. The van der Waals surface area contributed by atoms with E-state index in [1.54, 1.807) is 0 Å². The Hall–Kier alpha value is -1.82. The van der Waals surface area contributed by atoms with Crippen LogP contribution in [0.25, 0.3) is 10.9 Å². The third kappa shape index (κ3) is 5.71. The molecule has 0 aliphatic heterocycles. The number of carboxylic acids is 1. The average Bonchev–Trinajstić information content (AvgIpc) is 2.90. The first kappa shape index (κ1) is 17.5. The Morgan fingerprint density at radius 3 is 2.74 bits per heavy atom. The summed E-state index contributed by atoms with van der Waals surface area (Å²) in [6.45, 7) is 1.25. The predicted octanol–water partition coefficient (Wildman–Crippen LogP) is 3.56. The highest BCUT2D eigenvalue weighted by molar-refractivity contribution is 9.10. The second-order valence-corrected chi connectivity index (χ2v) is 6.43. The molecule has 0 unspecified atom stereocenters. The van der Waals surface area contributed by atoms with Crippen LogP contribution >= 0.6 is 15.9 Å². The Labute approximate surface area is 143 Å². The number of carbonyl (C=O) groups excluding carboxylic acids is 1. The van der Waals surface area contributed by atoms with Gasteiger partial charge in [-0.15, -0.1) is 0 Å². The third-order valence-electron chi connectivity index (χ3n) is 3.71. The van der Waals surface area contributed by atoms with Crippen molar-refractivity contribution in [1.29, 1.82) is 0 Å². The standard InChI is InChI=1S/C17H21BrN2O3/c18-14-6-5-13-7-10-20(15(13)12-14)11-8-16(21)19-9-3-1-2-4-17(22)23/h5-7,10,12H,1-4,8-9,11H2,(H,19,21)(H,22,23). The van der Waals surface area contributed by atoms with Crippen LogP contribution in [0, 0.1) is 0 Å². The van der Waals surface area contributed by atoms with E-state index in [-0.39, 0.29) is 12.3 Å². The molecule has 0 aliphatic carbocycles. The summed E-state index contributed by atoms with van der Waals surface area (Å²) in [7, 11) is 0.